The summed E-state index contributed by atoms with van der Waals surface area (Å²) in [6.45, 7) is 2.47. The Labute approximate surface area is 206 Å². The average Bonchev–Trinajstić information content (AvgIpc) is 3.26. The van der Waals surface area contributed by atoms with Gasteiger partial charge in [0.25, 0.3) is 0 Å². The van der Waals surface area contributed by atoms with Gasteiger partial charge in [-0.2, -0.15) is 0 Å². The average molecular weight is 536 g/mol. The Morgan fingerprint density at radius 1 is 0.912 bits per heavy atom. The number of halogens is 1. The second-order valence-electron chi connectivity index (χ2n) is 7.97. The number of aryl methyl sites for hydroxylation is 1. The van der Waals surface area contributed by atoms with Crippen molar-refractivity contribution in [1.82, 2.24) is 19.1 Å². The maximum atomic E-state index is 12.5. The lowest BCUT2D eigenvalue weighted by atomic mass is 10.1. The first-order chi connectivity index (χ1) is 16.4. The predicted octanol–water partition coefficient (Wildman–Crippen LogP) is 5.01. The molecule has 2 heterocycles. The number of rotatable bonds is 7. The molecule has 0 aliphatic heterocycles. The van der Waals surface area contributed by atoms with Crippen LogP contribution in [-0.4, -0.2) is 35.9 Å². The van der Waals surface area contributed by atoms with Gasteiger partial charge in [-0.3, -0.25) is 0 Å². The highest BCUT2D eigenvalue weighted by Crippen LogP contribution is 2.26. The van der Waals surface area contributed by atoms with E-state index in [1.54, 1.807) is 24.3 Å². The van der Waals surface area contributed by atoms with Gasteiger partial charge in [-0.15, -0.1) is 0 Å². The van der Waals surface area contributed by atoms with E-state index in [1.807, 2.05) is 35.9 Å². The van der Waals surface area contributed by atoms with Gasteiger partial charge in [-0.1, -0.05) is 54.1 Å². The standard InChI is InChI=1S/C25H22BrN5O2S/c1-17-6-10-21(11-7-17)34(32,33)28-13-12-27-24-25-29-22(15-31(25)16-23(26)30-24)20-9-8-18-4-2-3-5-19(18)14-20/h2-11,14-16,28H,12-13H2,1H3,(H,27,30). The first kappa shape index (κ1) is 22.5. The molecular formula is C25H22BrN5O2S. The van der Waals surface area contributed by atoms with Crippen molar-refractivity contribution in [2.75, 3.05) is 18.4 Å². The molecule has 0 aliphatic rings. The molecule has 7 nitrogen and oxygen atoms in total. The zero-order valence-corrected chi connectivity index (χ0v) is 20.8. The van der Waals surface area contributed by atoms with Crippen molar-refractivity contribution in [3.63, 3.8) is 0 Å². The number of nitrogens with one attached hydrogen (secondary N) is 2. The Hall–Kier alpha value is -3.27. The first-order valence-corrected chi connectivity index (χ1v) is 13.0. The van der Waals surface area contributed by atoms with Crippen molar-refractivity contribution in [1.29, 1.82) is 0 Å². The van der Waals surface area contributed by atoms with Gasteiger partial charge >= 0.3 is 0 Å². The third kappa shape index (κ3) is 4.68. The maximum absolute atomic E-state index is 12.5. The van der Waals surface area contributed by atoms with Crippen LogP contribution in [0.25, 0.3) is 27.7 Å². The SMILES string of the molecule is Cc1ccc(S(=O)(=O)NCCNc2nc(Br)cn3cc(-c4ccc5ccccc5c4)nc23)cc1. The molecule has 2 aromatic heterocycles. The zero-order valence-electron chi connectivity index (χ0n) is 18.4. The van der Waals surface area contributed by atoms with Gasteiger partial charge < -0.3 is 9.72 Å². The van der Waals surface area contributed by atoms with Crippen LogP contribution in [0.15, 0.2) is 88.6 Å². The molecule has 0 saturated heterocycles. The molecule has 0 saturated carbocycles. The van der Waals surface area contributed by atoms with Crippen LogP contribution in [0.1, 0.15) is 5.56 Å². The number of fused-ring (bicyclic) bond motifs is 2. The predicted molar refractivity (Wildman–Crippen MR) is 138 cm³/mol. The molecule has 5 aromatic rings. The number of imidazole rings is 1. The van der Waals surface area contributed by atoms with Crippen LogP contribution in [0, 0.1) is 6.92 Å². The summed E-state index contributed by atoms with van der Waals surface area (Å²) in [5, 5.41) is 5.53. The van der Waals surface area contributed by atoms with Gasteiger partial charge in [0.1, 0.15) is 4.60 Å². The van der Waals surface area contributed by atoms with Gasteiger partial charge in [0.05, 0.1) is 10.6 Å². The van der Waals surface area contributed by atoms with Crippen molar-refractivity contribution in [3.8, 4) is 11.3 Å². The molecular weight excluding hydrogens is 514 g/mol. The molecule has 0 aliphatic carbocycles. The van der Waals surface area contributed by atoms with Crippen molar-refractivity contribution in [2.45, 2.75) is 11.8 Å². The molecule has 0 fully saturated rings. The largest absolute Gasteiger partial charge is 0.366 e. The highest BCUT2D eigenvalue weighted by atomic mass is 79.9. The number of aromatic nitrogens is 3. The first-order valence-electron chi connectivity index (χ1n) is 10.7. The van der Waals surface area contributed by atoms with Crippen LogP contribution in [0.3, 0.4) is 0 Å². The number of anilines is 1. The van der Waals surface area contributed by atoms with Gasteiger partial charge in [0.15, 0.2) is 11.5 Å². The van der Waals surface area contributed by atoms with Gasteiger partial charge in [0, 0.05) is 31.0 Å². The summed E-state index contributed by atoms with van der Waals surface area (Å²) < 4.78 is 30.2. The van der Waals surface area contributed by atoms with E-state index in [9.17, 15) is 8.42 Å². The fourth-order valence-electron chi connectivity index (χ4n) is 3.74. The van der Waals surface area contributed by atoms with Crippen LogP contribution in [0.4, 0.5) is 5.82 Å². The minimum absolute atomic E-state index is 0.203. The van der Waals surface area contributed by atoms with Crippen LogP contribution in [0.5, 0.6) is 0 Å². The minimum Gasteiger partial charge on any atom is -0.366 e. The fourth-order valence-corrected chi connectivity index (χ4v) is 5.17. The van der Waals surface area contributed by atoms with E-state index in [1.165, 1.54) is 5.39 Å². The zero-order chi connectivity index (χ0) is 23.7. The van der Waals surface area contributed by atoms with Crippen LogP contribution in [0.2, 0.25) is 0 Å². The molecule has 0 amide bonds. The smallest absolute Gasteiger partial charge is 0.240 e. The monoisotopic (exact) mass is 535 g/mol. The van der Waals surface area contributed by atoms with Crippen LogP contribution >= 0.6 is 15.9 Å². The van der Waals surface area contributed by atoms with Crippen molar-refractivity contribution < 1.29 is 8.42 Å². The minimum atomic E-state index is -3.57. The van der Waals surface area contributed by atoms with E-state index in [2.05, 4.69) is 61.3 Å². The van der Waals surface area contributed by atoms with E-state index < -0.39 is 10.0 Å². The number of hydrogen-bond donors (Lipinski definition) is 2. The van der Waals surface area contributed by atoms with Gasteiger partial charge in [0.2, 0.25) is 10.0 Å². The molecule has 0 unspecified atom stereocenters. The fraction of sp³-hybridized carbons (Fsp3) is 0.120. The lowest BCUT2D eigenvalue weighted by Crippen LogP contribution is -2.29. The highest BCUT2D eigenvalue weighted by Gasteiger charge is 2.14. The molecule has 34 heavy (non-hydrogen) atoms. The second kappa shape index (κ2) is 9.17. The second-order valence-corrected chi connectivity index (χ2v) is 10.5. The van der Waals surface area contributed by atoms with Crippen molar-refractivity contribution in [3.05, 3.63) is 89.3 Å². The number of nitrogens with zero attached hydrogens (tertiary/aromatic N) is 3. The lowest BCUT2D eigenvalue weighted by molar-refractivity contribution is 0.583. The van der Waals surface area contributed by atoms with E-state index >= 15 is 0 Å². The maximum Gasteiger partial charge on any atom is 0.240 e. The molecule has 172 valence electrons. The van der Waals surface area contributed by atoms with Gasteiger partial charge in [-0.05, 0) is 51.8 Å². The summed E-state index contributed by atoms with van der Waals surface area (Å²) in [4.78, 5) is 9.54. The van der Waals surface area contributed by atoms with Crippen molar-refractivity contribution >= 4 is 48.2 Å². The number of hydrogen-bond acceptors (Lipinski definition) is 5. The molecule has 5 rings (SSSR count). The highest BCUT2D eigenvalue weighted by molar-refractivity contribution is 9.10. The molecule has 3 aromatic carbocycles. The summed E-state index contributed by atoms with van der Waals surface area (Å²) in [5.41, 5.74) is 3.50. The summed E-state index contributed by atoms with van der Waals surface area (Å²) in [6.07, 6.45) is 3.80. The van der Waals surface area contributed by atoms with E-state index in [-0.39, 0.29) is 11.4 Å². The molecule has 9 heteroatoms. The lowest BCUT2D eigenvalue weighted by Gasteiger charge is -2.09. The molecule has 0 spiro atoms. The van der Waals surface area contributed by atoms with E-state index in [0.29, 0.717) is 22.6 Å². The van der Waals surface area contributed by atoms with Gasteiger partial charge in [-0.25, -0.2) is 23.1 Å². The van der Waals surface area contributed by atoms with E-state index in [0.717, 1.165) is 22.2 Å². The topological polar surface area (TPSA) is 88.4 Å². The summed E-state index contributed by atoms with van der Waals surface area (Å²) >= 11 is 3.45. The molecule has 0 atom stereocenters. The number of sulfonamides is 1. The number of benzene rings is 3. The Bertz CT molecular complexity index is 1600. The molecule has 0 bridgehead atoms. The Balaban J connectivity index is 1.34. The Morgan fingerprint density at radius 2 is 1.68 bits per heavy atom. The quantitative estimate of drug-likeness (QED) is 0.286. The third-order valence-electron chi connectivity index (χ3n) is 5.49. The van der Waals surface area contributed by atoms with E-state index in [4.69, 9.17) is 4.98 Å². The normalized spacial score (nSPS) is 11.8. The Morgan fingerprint density at radius 3 is 2.47 bits per heavy atom. The van der Waals surface area contributed by atoms with Crippen LogP contribution in [-0.2, 0) is 10.0 Å². The van der Waals surface area contributed by atoms with Crippen molar-refractivity contribution in [2.24, 2.45) is 0 Å². The summed E-state index contributed by atoms with van der Waals surface area (Å²) in [7, 11) is -3.57. The van der Waals surface area contributed by atoms with Crippen LogP contribution < -0.4 is 10.0 Å². The molecule has 0 radical (unpaired) electrons. The summed E-state index contributed by atoms with van der Waals surface area (Å²) in [5.74, 6) is 0.566. The molecule has 2 N–H and O–H groups in total. The Kier molecular flexibility index (Phi) is 6.07. The third-order valence-corrected chi connectivity index (χ3v) is 7.35. The summed E-state index contributed by atoms with van der Waals surface area (Å²) in [6, 6.07) is 21.2.